The van der Waals surface area contributed by atoms with E-state index in [2.05, 4.69) is 4.74 Å². The van der Waals surface area contributed by atoms with Gasteiger partial charge in [-0.15, -0.1) is 0 Å². The van der Waals surface area contributed by atoms with Gasteiger partial charge in [-0.2, -0.15) is 13.2 Å². The van der Waals surface area contributed by atoms with Crippen molar-refractivity contribution in [3.8, 4) is 0 Å². The number of cyclic esters (lactones) is 2. The second-order valence-corrected chi connectivity index (χ2v) is 2.94. The summed E-state index contributed by atoms with van der Waals surface area (Å²) >= 11 is 0. The zero-order chi connectivity index (χ0) is 13.2. The SMILES string of the molecule is CC.O=C1OC(=O)c2cc(C(F)(F)F)ccc21. The van der Waals surface area contributed by atoms with Crippen LogP contribution in [0.5, 0.6) is 0 Å². The van der Waals surface area contributed by atoms with Crippen LogP contribution in [0, 0.1) is 0 Å². The molecular formula is C11H9F3O3. The first-order valence-corrected chi connectivity index (χ1v) is 4.87. The first kappa shape index (κ1) is 13.2. The molecule has 0 N–H and O–H groups in total. The van der Waals surface area contributed by atoms with Crippen LogP contribution in [-0.4, -0.2) is 11.9 Å². The van der Waals surface area contributed by atoms with Crippen LogP contribution in [0.15, 0.2) is 18.2 Å². The van der Waals surface area contributed by atoms with E-state index in [1.807, 2.05) is 13.8 Å². The third kappa shape index (κ3) is 2.46. The highest BCUT2D eigenvalue weighted by Crippen LogP contribution is 2.32. The largest absolute Gasteiger partial charge is 0.416 e. The summed E-state index contributed by atoms with van der Waals surface area (Å²) in [6, 6.07) is 2.28. The molecule has 0 bridgehead atoms. The number of carbonyl (C=O) groups is 2. The molecule has 0 saturated heterocycles. The average molecular weight is 246 g/mol. The third-order valence-corrected chi connectivity index (χ3v) is 1.97. The van der Waals surface area contributed by atoms with Gasteiger partial charge in [-0.1, -0.05) is 13.8 Å². The first-order valence-electron chi connectivity index (χ1n) is 4.87. The van der Waals surface area contributed by atoms with E-state index in [1.54, 1.807) is 0 Å². The zero-order valence-electron chi connectivity index (χ0n) is 9.09. The fraction of sp³-hybridized carbons (Fsp3) is 0.273. The fourth-order valence-corrected chi connectivity index (χ4v) is 1.26. The molecule has 0 atom stereocenters. The van der Waals surface area contributed by atoms with Crippen LogP contribution in [0.2, 0.25) is 0 Å². The standard InChI is InChI=1S/C9H3F3O3.C2H6/c10-9(11,12)4-1-2-5-6(3-4)8(14)15-7(5)13;1-2/h1-3H;1-2H3. The summed E-state index contributed by atoms with van der Waals surface area (Å²) in [5.74, 6) is -1.95. The Morgan fingerprint density at radius 1 is 1.00 bits per heavy atom. The summed E-state index contributed by atoms with van der Waals surface area (Å²) in [5.41, 5.74) is -1.45. The number of benzene rings is 1. The van der Waals surface area contributed by atoms with Crippen molar-refractivity contribution in [2.24, 2.45) is 0 Å². The van der Waals surface area contributed by atoms with Gasteiger partial charge in [-0.3, -0.25) is 0 Å². The number of fused-ring (bicyclic) bond motifs is 1. The molecule has 1 aromatic rings. The number of alkyl halides is 3. The van der Waals surface area contributed by atoms with E-state index in [0.29, 0.717) is 6.07 Å². The molecule has 1 aromatic carbocycles. The second kappa shape index (κ2) is 4.57. The number of halogens is 3. The van der Waals surface area contributed by atoms with Crippen LogP contribution in [0.3, 0.4) is 0 Å². The maximum absolute atomic E-state index is 12.2. The van der Waals surface area contributed by atoms with Crippen LogP contribution < -0.4 is 0 Å². The lowest BCUT2D eigenvalue weighted by molar-refractivity contribution is -0.137. The highest BCUT2D eigenvalue weighted by molar-refractivity contribution is 6.14. The predicted octanol–water partition coefficient (Wildman–Crippen LogP) is 3.04. The average Bonchev–Trinajstić information content (AvgIpc) is 2.56. The topological polar surface area (TPSA) is 43.4 Å². The van der Waals surface area contributed by atoms with Crippen LogP contribution in [-0.2, 0) is 10.9 Å². The van der Waals surface area contributed by atoms with E-state index >= 15 is 0 Å². The molecule has 1 aliphatic rings. The molecule has 1 heterocycles. The Bertz CT molecular complexity index is 464. The normalized spacial score (nSPS) is 13.7. The quantitative estimate of drug-likeness (QED) is 0.522. The van der Waals surface area contributed by atoms with Gasteiger partial charge in [-0.25, -0.2) is 9.59 Å². The van der Waals surface area contributed by atoms with Crippen LogP contribution in [0.25, 0.3) is 0 Å². The summed E-state index contributed by atoms with van der Waals surface area (Å²) in [4.78, 5) is 21.9. The number of hydrogen-bond acceptors (Lipinski definition) is 3. The van der Waals surface area contributed by atoms with E-state index in [0.717, 1.165) is 12.1 Å². The molecule has 0 saturated carbocycles. The Kier molecular flexibility index (Phi) is 3.55. The minimum absolute atomic E-state index is 0.131. The Balaban J connectivity index is 0.000000686. The van der Waals surface area contributed by atoms with Crippen molar-refractivity contribution in [1.29, 1.82) is 0 Å². The first-order chi connectivity index (χ1) is 7.89. The third-order valence-electron chi connectivity index (χ3n) is 1.97. The van der Waals surface area contributed by atoms with Crippen molar-refractivity contribution in [2.75, 3.05) is 0 Å². The molecule has 2 rings (SSSR count). The van der Waals surface area contributed by atoms with Crippen molar-refractivity contribution in [3.05, 3.63) is 34.9 Å². The summed E-state index contributed by atoms with van der Waals surface area (Å²) in [6.45, 7) is 4.00. The van der Waals surface area contributed by atoms with Gasteiger partial charge in [0.2, 0.25) is 0 Å². The van der Waals surface area contributed by atoms with Gasteiger partial charge in [0, 0.05) is 0 Å². The van der Waals surface area contributed by atoms with E-state index in [-0.39, 0.29) is 11.1 Å². The predicted molar refractivity (Wildman–Crippen MR) is 52.5 cm³/mol. The molecule has 6 heteroatoms. The highest BCUT2D eigenvalue weighted by Gasteiger charge is 2.36. The van der Waals surface area contributed by atoms with Crippen LogP contribution in [0.4, 0.5) is 13.2 Å². The van der Waals surface area contributed by atoms with Crippen molar-refractivity contribution in [2.45, 2.75) is 20.0 Å². The number of rotatable bonds is 0. The van der Waals surface area contributed by atoms with Gasteiger partial charge in [0.1, 0.15) is 0 Å². The second-order valence-electron chi connectivity index (χ2n) is 2.94. The van der Waals surface area contributed by atoms with Gasteiger partial charge in [0.05, 0.1) is 16.7 Å². The smallest absolute Gasteiger partial charge is 0.386 e. The Morgan fingerprint density at radius 3 is 2.06 bits per heavy atom. The number of hydrogen-bond donors (Lipinski definition) is 0. The van der Waals surface area contributed by atoms with Crippen molar-refractivity contribution < 1.29 is 27.5 Å². The van der Waals surface area contributed by atoms with Crippen LogP contribution >= 0.6 is 0 Å². The molecular weight excluding hydrogens is 237 g/mol. The van der Waals surface area contributed by atoms with E-state index in [9.17, 15) is 22.8 Å². The number of ether oxygens (including phenoxy) is 1. The molecule has 17 heavy (non-hydrogen) atoms. The van der Waals surface area contributed by atoms with Crippen molar-refractivity contribution in [3.63, 3.8) is 0 Å². The summed E-state index contributed by atoms with van der Waals surface area (Å²) in [7, 11) is 0. The monoisotopic (exact) mass is 246 g/mol. The minimum atomic E-state index is -4.54. The molecule has 0 spiro atoms. The van der Waals surface area contributed by atoms with Crippen molar-refractivity contribution in [1.82, 2.24) is 0 Å². The lowest BCUT2D eigenvalue weighted by Gasteiger charge is -2.06. The zero-order valence-corrected chi connectivity index (χ0v) is 9.09. The Labute approximate surface area is 95.2 Å². The van der Waals surface area contributed by atoms with Crippen molar-refractivity contribution >= 4 is 11.9 Å². The van der Waals surface area contributed by atoms with Crippen LogP contribution in [0.1, 0.15) is 40.1 Å². The lowest BCUT2D eigenvalue weighted by atomic mass is 10.1. The highest BCUT2D eigenvalue weighted by atomic mass is 19.4. The van der Waals surface area contributed by atoms with E-state index in [1.165, 1.54) is 0 Å². The summed E-state index contributed by atoms with van der Waals surface area (Å²) in [5, 5.41) is 0. The molecule has 0 radical (unpaired) electrons. The molecule has 3 nitrogen and oxygen atoms in total. The minimum Gasteiger partial charge on any atom is -0.386 e. The Hall–Kier alpha value is -1.85. The Morgan fingerprint density at radius 2 is 1.53 bits per heavy atom. The molecule has 0 unspecified atom stereocenters. The van der Waals surface area contributed by atoms with Gasteiger partial charge in [-0.05, 0) is 18.2 Å². The molecule has 92 valence electrons. The van der Waals surface area contributed by atoms with E-state index in [4.69, 9.17) is 0 Å². The molecule has 1 aliphatic heterocycles. The molecule has 0 amide bonds. The molecule has 0 aliphatic carbocycles. The molecule has 0 fully saturated rings. The summed E-state index contributed by atoms with van der Waals surface area (Å²) < 4.78 is 40.9. The van der Waals surface area contributed by atoms with Gasteiger partial charge >= 0.3 is 18.1 Å². The summed E-state index contributed by atoms with van der Waals surface area (Å²) in [6.07, 6.45) is -4.54. The van der Waals surface area contributed by atoms with E-state index < -0.39 is 23.7 Å². The number of esters is 2. The maximum atomic E-state index is 12.2. The number of carbonyl (C=O) groups excluding carboxylic acids is 2. The lowest BCUT2D eigenvalue weighted by Crippen LogP contribution is -2.06. The van der Waals surface area contributed by atoms with Gasteiger partial charge in [0.15, 0.2) is 0 Å². The molecule has 0 aromatic heterocycles. The van der Waals surface area contributed by atoms with Gasteiger partial charge < -0.3 is 4.74 Å². The maximum Gasteiger partial charge on any atom is 0.416 e. The fourth-order valence-electron chi connectivity index (χ4n) is 1.26. The van der Waals surface area contributed by atoms with Gasteiger partial charge in [0.25, 0.3) is 0 Å².